The number of aryl methyl sites for hydroxylation is 3. The number of nitrogens with zero attached hydrogens (tertiary/aromatic N) is 2. The van der Waals surface area contributed by atoms with Gasteiger partial charge in [0.25, 0.3) is 11.8 Å². The summed E-state index contributed by atoms with van der Waals surface area (Å²) in [5.41, 5.74) is 4.53. The van der Waals surface area contributed by atoms with Crippen LogP contribution in [0.25, 0.3) is 17.0 Å². The number of hydrogen-bond donors (Lipinski definition) is 1. The highest BCUT2D eigenvalue weighted by Gasteiger charge is 2.33. The second-order valence-corrected chi connectivity index (χ2v) is 8.62. The summed E-state index contributed by atoms with van der Waals surface area (Å²) in [5, 5.41) is 3.47. The summed E-state index contributed by atoms with van der Waals surface area (Å²) in [7, 11) is 0. The molecule has 4 heterocycles. The Balaban J connectivity index is 1.71. The largest absolute Gasteiger partial charge is 0.422 e. The van der Waals surface area contributed by atoms with Crippen molar-refractivity contribution in [3.05, 3.63) is 44.3 Å². The van der Waals surface area contributed by atoms with Crippen molar-refractivity contribution in [3.63, 3.8) is 0 Å². The third kappa shape index (κ3) is 3.00. The molecule has 7 nitrogen and oxygen atoms in total. The standard InChI is InChI=1S/C23H23N3O4S/c1-3-26-21(28)17(20(27)24-23(26)31)11-16-12(2)15-10-13-6-4-8-25-9-5-7-14(18(13)25)19(15)30-22(16)29/h10-11H,3-9H2,1-2H3,(H,24,27,31)/b17-11+. The number of carbonyl (C=O) groups excluding carboxylic acids is 2. The molecule has 31 heavy (non-hydrogen) atoms. The van der Waals surface area contributed by atoms with Gasteiger partial charge in [-0.2, -0.15) is 0 Å². The molecule has 1 saturated heterocycles. The van der Waals surface area contributed by atoms with Crippen molar-refractivity contribution in [1.29, 1.82) is 0 Å². The first kappa shape index (κ1) is 19.9. The molecule has 0 unspecified atom stereocenters. The normalized spacial score (nSPS) is 19.8. The molecular formula is C23H23N3O4S. The molecular weight excluding hydrogens is 414 g/mol. The molecule has 0 atom stereocenters. The first-order chi connectivity index (χ1) is 14.9. The first-order valence-electron chi connectivity index (χ1n) is 10.7. The second kappa shape index (κ2) is 7.30. The van der Waals surface area contributed by atoms with Crippen molar-refractivity contribution in [2.24, 2.45) is 0 Å². The number of fused-ring (bicyclic) bond motifs is 2. The van der Waals surface area contributed by atoms with Crippen LogP contribution in [0.3, 0.4) is 0 Å². The highest BCUT2D eigenvalue weighted by Crippen LogP contribution is 2.40. The van der Waals surface area contributed by atoms with Crippen LogP contribution in [0.1, 0.15) is 42.0 Å². The quantitative estimate of drug-likeness (QED) is 0.336. The van der Waals surface area contributed by atoms with Gasteiger partial charge >= 0.3 is 5.63 Å². The summed E-state index contributed by atoms with van der Waals surface area (Å²) < 4.78 is 5.82. The Morgan fingerprint density at radius 1 is 1.19 bits per heavy atom. The number of amides is 2. The molecule has 0 bridgehead atoms. The van der Waals surface area contributed by atoms with E-state index in [2.05, 4.69) is 16.3 Å². The number of nitrogens with one attached hydrogen (secondary N) is 1. The average molecular weight is 438 g/mol. The van der Waals surface area contributed by atoms with Gasteiger partial charge in [0.2, 0.25) is 0 Å². The van der Waals surface area contributed by atoms with Gasteiger partial charge in [-0.1, -0.05) is 0 Å². The summed E-state index contributed by atoms with van der Waals surface area (Å²) in [5.74, 6) is -1.11. The van der Waals surface area contributed by atoms with Crippen molar-refractivity contribution in [2.45, 2.75) is 39.5 Å². The van der Waals surface area contributed by atoms with Crippen molar-refractivity contribution < 1.29 is 14.0 Å². The third-order valence-corrected chi connectivity index (χ3v) is 6.81. The van der Waals surface area contributed by atoms with Crippen LogP contribution >= 0.6 is 12.2 Å². The zero-order chi connectivity index (χ0) is 21.9. The molecule has 0 spiro atoms. The van der Waals surface area contributed by atoms with E-state index in [0.29, 0.717) is 12.1 Å². The van der Waals surface area contributed by atoms with Crippen molar-refractivity contribution in [2.75, 3.05) is 24.5 Å². The van der Waals surface area contributed by atoms with Gasteiger partial charge in [-0.3, -0.25) is 19.8 Å². The first-order valence-corrected chi connectivity index (χ1v) is 11.1. The molecule has 1 aromatic carbocycles. The van der Waals surface area contributed by atoms with Crippen LogP contribution in [0, 0.1) is 6.92 Å². The van der Waals surface area contributed by atoms with E-state index in [0.717, 1.165) is 55.3 Å². The SMILES string of the molecule is CCN1C(=O)/C(=C/c2c(C)c3cc4c5c(c3oc2=O)CCCN5CCC4)C(=O)NC1=S. The van der Waals surface area contributed by atoms with Gasteiger partial charge < -0.3 is 9.32 Å². The van der Waals surface area contributed by atoms with Crippen LogP contribution in [0.5, 0.6) is 0 Å². The maximum atomic E-state index is 13.0. The molecule has 3 aliphatic rings. The second-order valence-electron chi connectivity index (χ2n) is 8.23. The molecule has 2 amide bonds. The number of hydrogen-bond acceptors (Lipinski definition) is 6. The summed E-state index contributed by atoms with van der Waals surface area (Å²) in [6.45, 7) is 6.01. The number of carbonyl (C=O) groups is 2. The lowest BCUT2D eigenvalue weighted by Gasteiger charge is -2.37. The predicted octanol–water partition coefficient (Wildman–Crippen LogP) is 2.45. The predicted molar refractivity (Wildman–Crippen MR) is 122 cm³/mol. The van der Waals surface area contributed by atoms with E-state index < -0.39 is 17.4 Å². The Hall–Kier alpha value is -3.00. The molecule has 5 rings (SSSR count). The van der Waals surface area contributed by atoms with E-state index in [1.54, 1.807) is 6.92 Å². The molecule has 0 saturated carbocycles. The monoisotopic (exact) mass is 437 g/mol. The molecule has 0 radical (unpaired) electrons. The lowest BCUT2D eigenvalue weighted by molar-refractivity contribution is -0.128. The van der Waals surface area contributed by atoms with Gasteiger partial charge in [-0.15, -0.1) is 0 Å². The molecule has 1 aromatic heterocycles. The van der Waals surface area contributed by atoms with Crippen LogP contribution in [-0.4, -0.2) is 41.5 Å². The van der Waals surface area contributed by atoms with E-state index >= 15 is 0 Å². The lowest BCUT2D eigenvalue weighted by Crippen LogP contribution is -2.53. The molecule has 3 aliphatic heterocycles. The van der Waals surface area contributed by atoms with Crippen LogP contribution < -0.4 is 15.8 Å². The highest BCUT2D eigenvalue weighted by molar-refractivity contribution is 7.80. The zero-order valence-corrected chi connectivity index (χ0v) is 18.4. The van der Waals surface area contributed by atoms with E-state index in [-0.39, 0.29) is 16.2 Å². The van der Waals surface area contributed by atoms with E-state index in [4.69, 9.17) is 16.6 Å². The topological polar surface area (TPSA) is 82.9 Å². The minimum Gasteiger partial charge on any atom is -0.422 e. The fourth-order valence-electron chi connectivity index (χ4n) is 4.96. The third-order valence-electron chi connectivity index (χ3n) is 6.49. The van der Waals surface area contributed by atoms with Gasteiger partial charge in [-0.25, -0.2) is 4.79 Å². The maximum absolute atomic E-state index is 13.0. The highest BCUT2D eigenvalue weighted by atomic mass is 32.1. The summed E-state index contributed by atoms with van der Waals surface area (Å²) in [6.07, 6.45) is 5.35. The lowest BCUT2D eigenvalue weighted by atomic mass is 9.88. The van der Waals surface area contributed by atoms with Crippen molar-refractivity contribution >= 4 is 51.9 Å². The van der Waals surface area contributed by atoms with Crippen LogP contribution in [0.2, 0.25) is 0 Å². The molecule has 2 aromatic rings. The Kier molecular flexibility index (Phi) is 4.69. The smallest absolute Gasteiger partial charge is 0.343 e. The van der Waals surface area contributed by atoms with Gasteiger partial charge in [0, 0.05) is 36.3 Å². The van der Waals surface area contributed by atoms with Crippen LogP contribution in [0.15, 0.2) is 20.9 Å². The maximum Gasteiger partial charge on any atom is 0.343 e. The van der Waals surface area contributed by atoms with Gasteiger partial charge in [0.05, 0.1) is 5.56 Å². The molecule has 1 fully saturated rings. The Bertz CT molecular complexity index is 1260. The van der Waals surface area contributed by atoms with E-state index in [1.165, 1.54) is 22.2 Å². The van der Waals surface area contributed by atoms with E-state index in [9.17, 15) is 14.4 Å². The average Bonchev–Trinajstić information content (AvgIpc) is 2.74. The minimum absolute atomic E-state index is 0.0761. The van der Waals surface area contributed by atoms with Crippen LogP contribution in [0.4, 0.5) is 5.69 Å². The van der Waals surface area contributed by atoms with Gasteiger partial charge in [0.15, 0.2) is 5.11 Å². The Labute approximate surface area is 184 Å². The summed E-state index contributed by atoms with van der Waals surface area (Å²) in [6, 6.07) is 2.11. The molecule has 160 valence electrons. The summed E-state index contributed by atoms with van der Waals surface area (Å²) in [4.78, 5) is 41.9. The fourth-order valence-corrected chi connectivity index (χ4v) is 5.27. The zero-order valence-electron chi connectivity index (χ0n) is 17.5. The number of rotatable bonds is 2. The van der Waals surface area contributed by atoms with Crippen molar-refractivity contribution in [1.82, 2.24) is 10.2 Å². The van der Waals surface area contributed by atoms with Crippen LogP contribution in [-0.2, 0) is 22.4 Å². The number of anilines is 1. The summed E-state index contributed by atoms with van der Waals surface area (Å²) >= 11 is 5.07. The fraction of sp³-hybridized carbons (Fsp3) is 0.391. The molecule has 1 N–H and O–H groups in total. The number of thiocarbonyl (C=S) groups is 1. The Morgan fingerprint density at radius 3 is 2.68 bits per heavy atom. The van der Waals surface area contributed by atoms with Gasteiger partial charge in [-0.05, 0) is 75.0 Å². The number of benzene rings is 1. The molecule has 0 aliphatic carbocycles. The molecule has 8 heteroatoms. The van der Waals surface area contributed by atoms with E-state index in [1.807, 2.05) is 6.92 Å². The Morgan fingerprint density at radius 2 is 1.94 bits per heavy atom. The van der Waals surface area contributed by atoms with Gasteiger partial charge in [0.1, 0.15) is 11.2 Å². The number of likely N-dealkylation sites (N-methyl/N-ethyl adjacent to an activating group) is 1. The van der Waals surface area contributed by atoms with Crippen molar-refractivity contribution in [3.8, 4) is 0 Å². The minimum atomic E-state index is -0.602.